The molecule has 110 valence electrons. The Balaban J connectivity index is 2.82. The van der Waals surface area contributed by atoms with Gasteiger partial charge >= 0.3 is 0 Å². The van der Waals surface area contributed by atoms with Crippen molar-refractivity contribution < 1.29 is 19.1 Å². The number of oxime groups is 1. The fraction of sp³-hybridized carbons (Fsp3) is 0.385. The first-order valence-corrected chi connectivity index (χ1v) is 5.97. The number of ether oxygens (including phenoxy) is 1. The summed E-state index contributed by atoms with van der Waals surface area (Å²) in [6.07, 6.45) is 0. The molecule has 1 amide bonds. The minimum absolute atomic E-state index is 0.0329. The number of amidine groups is 1. The summed E-state index contributed by atoms with van der Waals surface area (Å²) in [5.41, 5.74) is 5.66. The standard InChI is InChI=1S/C13H18FN3O3/c1-8(12(15)16-19)7-17(2)13(18)9-4-5-11(20-3)10(14)6-9/h4-6,8,19H,7H2,1-3H3,(H2,15,16). The molecule has 0 heterocycles. The Morgan fingerprint density at radius 1 is 1.60 bits per heavy atom. The van der Waals surface area contributed by atoms with Gasteiger partial charge in [-0.15, -0.1) is 0 Å². The molecule has 3 N–H and O–H groups in total. The van der Waals surface area contributed by atoms with Crippen molar-refractivity contribution in [2.24, 2.45) is 16.8 Å². The average Bonchev–Trinajstić information content (AvgIpc) is 2.45. The number of carbonyl (C=O) groups excluding carboxylic acids is 1. The zero-order valence-electron chi connectivity index (χ0n) is 11.6. The third-order valence-electron chi connectivity index (χ3n) is 2.91. The number of rotatable bonds is 5. The lowest BCUT2D eigenvalue weighted by molar-refractivity contribution is 0.0785. The minimum atomic E-state index is -0.601. The van der Waals surface area contributed by atoms with Crippen molar-refractivity contribution in [3.05, 3.63) is 29.6 Å². The summed E-state index contributed by atoms with van der Waals surface area (Å²) < 4.78 is 18.3. The fourth-order valence-corrected chi connectivity index (χ4v) is 1.71. The largest absolute Gasteiger partial charge is 0.494 e. The van der Waals surface area contributed by atoms with Gasteiger partial charge in [-0.2, -0.15) is 0 Å². The first-order chi connectivity index (χ1) is 9.40. The van der Waals surface area contributed by atoms with Crippen LogP contribution in [0.3, 0.4) is 0 Å². The van der Waals surface area contributed by atoms with Gasteiger partial charge in [-0.1, -0.05) is 12.1 Å². The quantitative estimate of drug-likeness (QED) is 0.369. The van der Waals surface area contributed by atoms with Crippen LogP contribution in [-0.4, -0.2) is 42.6 Å². The van der Waals surface area contributed by atoms with Gasteiger partial charge in [-0.3, -0.25) is 4.79 Å². The maximum absolute atomic E-state index is 13.6. The van der Waals surface area contributed by atoms with E-state index < -0.39 is 5.82 Å². The van der Waals surface area contributed by atoms with Gasteiger partial charge in [-0.05, 0) is 18.2 Å². The molecular formula is C13H18FN3O3. The maximum Gasteiger partial charge on any atom is 0.253 e. The summed E-state index contributed by atoms with van der Waals surface area (Å²) in [6.45, 7) is 1.97. The maximum atomic E-state index is 13.6. The fourth-order valence-electron chi connectivity index (χ4n) is 1.71. The van der Waals surface area contributed by atoms with Crippen LogP contribution in [0.4, 0.5) is 4.39 Å². The predicted molar refractivity (Wildman–Crippen MR) is 72.5 cm³/mol. The van der Waals surface area contributed by atoms with Crippen LogP contribution in [0.2, 0.25) is 0 Å². The molecule has 0 radical (unpaired) electrons. The molecule has 0 saturated carbocycles. The number of nitrogens with zero attached hydrogens (tertiary/aromatic N) is 2. The first kappa shape index (κ1) is 15.7. The number of hydrogen-bond donors (Lipinski definition) is 2. The van der Waals surface area contributed by atoms with E-state index in [1.165, 1.54) is 24.1 Å². The van der Waals surface area contributed by atoms with Crippen LogP contribution >= 0.6 is 0 Å². The Labute approximate surface area is 116 Å². The number of halogens is 1. The van der Waals surface area contributed by atoms with E-state index in [2.05, 4.69) is 5.16 Å². The van der Waals surface area contributed by atoms with Crippen molar-refractivity contribution in [3.8, 4) is 5.75 Å². The van der Waals surface area contributed by atoms with Crippen LogP contribution < -0.4 is 10.5 Å². The predicted octanol–water partition coefficient (Wildman–Crippen LogP) is 1.29. The number of benzene rings is 1. The molecule has 1 atom stereocenters. The van der Waals surface area contributed by atoms with Crippen molar-refractivity contribution in [2.75, 3.05) is 20.7 Å². The van der Waals surface area contributed by atoms with E-state index in [4.69, 9.17) is 15.7 Å². The van der Waals surface area contributed by atoms with E-state index in [1.807, 2.05) is 0 Å². The summed E-state index contributed by atoms with van der Waals surface area (Å²) in [6, 6.07) is 3.99. The summed E-state index contributed by atoms with van der Waals surface area (Å²) in [5, 5.41) is 11.5. The van der Waals surface area contributed by atoms with Gasteiger partial charge < -0.3 is 20.6 Å². The highest BCUT2D eigenvalue weighted by molar-refractivity contribution is 5.94. The molecule has 0 aliphatic rings. The van der Waals surface area contributed by atoms with Gasteiger partial charge in [0.2, 0.25) is 0 Å². The molecule has 0 aliphatic carbocycles. The zero-order valence-corrected chi connectivity index (χ0v) is 11.6. The Kier molecular flexibility index (Phi) is 5.31. The van der Waals surface area contributed by atoms with E-state index in [0.717, 1.165) is 6.07 Å². The molecule has 0 bridgehead atoms. The summed E-state index contributed by atoms with van der Waals surface area (Å²) in [7, 11) is 2.91. The van der Waals surface area contributed by atoms with Crippen LogP contribution in [-0.2, 0) is 0 Å². The Hall–Kier alpha value is -2.31. The molecule has 0 fully saturated rings. The Morgan fingerprint density at radius 2 is 2.25 bits per heavy atom. The van der Waals surface area contributed by atoms with E-state index in [1.54, 1.807) is 14.0 Å². The van der Waals surface area contributed by atoms with Crippen molar-refractivity contribution in [2.45, 2.75) is 6.92 Å². The van der Waals surface area contributed by atoms with Crippen molar-refractivity contribution in [3.63, 3.8) is 0 Å². The molecule has 0 aliphatic heterocycles. The Morgan fingerprint density at radius 3 is 2.75 bits per heavy atom. The van der Waals surface area contributed by atoms with Gasteiger partial charge in [-0.25, -0.2) is 4.39 Å². The summed E-state index contributed by atoms with van der Waals surface area (Å²) in [4.78, 5) is 13.5. The lowest BCUT2D eigenvalue weighted by atomic mass is 10.1. The number of nitrogens with two attached hydrogens (primary N) is 1. The highest BCUT2D eigenvalue weighted by Gasteiger charge is 2.18. The third-order valence-corrected chi connectivity index (χ3v) is 2.91. The average molecular weight is 283 g/mol. The van der Waals surface area contributed by atoms with Gasteiger partial charge in [0, 0.05) is 25.1 Å². The highest BCUT2D eigenvalue weighted by atomic mass is 19.1. The van der Waals surface area contributed by atoms with Crippen LogP contribution in [0.1, 0.15) is 17.3 Å². The smallest absolute Gasteiger partial charge is 0.253 e. The molecular weight excluding hydrogens is 265 g/mol. The van der Waals surface area contributed by atoms with Crippen LogP contribution in [0.25, 0.3) is 0 Å². The van der Waals surface area contributed by atoms with Crippen molar-refractivity contribution >= 4 is 11.7 Å². The number of carbonyl (C=O) groups is 1. The molecule has 0 aromatic heterocycles. The molecule has 20 heavy (non-hydrogen) atoms. The normalized spacial score (nSPS) is 12.9. The molecule has 1 aromatic rings. The summed E-state index contributed by atoms with van der Waals surface area (Å²) >= 11 is 0. The van der Waals surface area contributed by atoms with E-state index in [9.17, 15) is 9.18 Å². The lowest BCUT2D eigenvalue weighted by Gasteiger charge is -2.21. The second-order valence-corrected chi connectivity index (χ2v) is 4.46. The van der Waals surface area contributed by atoms with Gasteiger partial charge in [0.05, 0.1) is 7.11 Å². The Bertz CT molecular complexity index is 520. The van der Waals surface area contributed by atoms with Gasteiger partial charge in [0.25, 0.3) is 5.91 Å². The molecule has 7 heteroatoms. The summed E-state index contributed by atoms with van der Waals surface area (Å²) in [5.74, 6) is -1.16. The second kappa shape index (κ2) is 6.74. The number of amides is 1. The molecule has 0 saturated heterocycles. The molecule has 1 unspecified atom stereocenters. The second-order valence-electron chi connectivity index (χ2n) is 4.46. The van der Waals surface area contributed by atoms with Crippen LogP contribution in [0.5, 0.6) is 5.75 Å². The topological polar surface area (TPSA) is 88.2 Å². The van der Waals surface area contributed by atoms with Gasteiger partial charge in [0.15, 0.2) is 11.6 Å². The SMILES string of the molecule is COc1ccc(C(=O)N(C)CC(C)C(N)=NO)cc1F. The zero-order chi connectivity index (χ0) is 15.3. The third kappa shape index (κ3) is 3.59. The molecule has 0 spiro atoms. The van der Waals surface area contributed by atoms with Gasteiger partial charge in [0.1, 0.15) is 5.84 Å². The first-order valence-electron chi connectivity index (χ1n) is 5.97. The van der Waals surface area contributed by atoms with Crippen molar-refractivity contribution in [1.82, 2.24) is 4.90 Å². The molecule has 6 nitrogen and oxygen atoms in total. The van der Waals surface area contributed by atoms with Crippen LogP contribution in [0, 0.1) is 11.7 Å². The molecule has 1 aromatic carbocycles. The van der Waals surface area contributed by atoms with E-state index >= 15 is 0 Å². The molecule has 1 rings (SSSR count). The van der Waals surface area contributed by atoms with Crippen LogP contribution in [0.15, 0.2) is 23.4 Å². The lowest BCUT2D eigenvalue weighted by Crippen LogP contribution is -2.36. The number of hydrogen-bond acceptors (Lipinski definition) is 4. The van der Waals surface area contributed by atoms with E-state index in [-0.39, 0.29) is 35.5 Å². The highest BCUT2D eigenvalue weighted by Crippen LogP contribution is 2.18. The van der Waals surface area contributed by atoms with Crippen molar-refractivity contribution in [1.29, 1.82) is 0 Å². The van der Waals surface area contributed by atoms with E-state index in [0.29, 0.717) is 0 Å². The number of methoxy groups -OCH3 is 1. The minimum Gasteiger partial charge on any atom is -0.494 e. The monoisotopic (exact) mass is 283 g/mol.